The molecule has 1 N–H and O–H groups in total. The van der Waals surface area contributed by atoms with Gasteiger partial charge in [0, 0.05) is 5.92 Å². The second-order valence-corrected chi connectivity index (χ2v) is 8.65. The van der Waals surface area contributed by atoms with Crippen LogP contribution in [0, 0.1) is 35.0 Å². The van der Waals surface area contributed by atoms with Crippen LogP contribution in [0.3, 0.4) is 0 Å². The second kappa shape index (κ2) is 10.6. The molecule has 1 aliphatic carbocycles. The molecule has 0 unspecified atom stereocenters. The number of ether oxygens (including phenoxy) is 2. The Balaban J connectivity index is 1.49. The average molecular weight is 519 g/mol. The lowest BCUT2D eigenvalue weighted by Crippen LogP contribution is -2.47. The molecule has 0 spiro atoms. The van der Waals surface area contributed by atoms with Crippen LogP contribution in [0.5, 0.6) is 5.75 Å². The number of hydrogen-bond acceptors (Lipinski definition) is 4. The van der Waals surface area contributed by atoms with E-state index in [0.717, 1.165) is 22.3 Å². The highest BCUT2D eigenvalue weighted by Crippen LogP contribution is 2.44. The number of rotatable bonds is 7. The normalized spacial score (nSPS) is 13.9. The van der Waals surface area contributed by atoms with Gasteiger partial charge in [-0.3, -0.25) is 0 Å². The fourth-order valence-corrected chi connectivity index (χ4v) is 4.27. The highest BCUT2D eigenvalue weighted by Gasteiger charge is 2.34. The molecule has 4 rings (SSSR count). The summed E-state index contributed by atoms with van der Waals surface area (Å²) < 4.78 is 78.2. The molecule has 0 saturated heterocycles. The van der Waals surface area contributed by atoms with Crippen LogP contribution in [0.1, 0.15) is 37.3 Å². The first-order valence-corrected chi connectivity index (χ1v) is 11.5. The number of benzene rings is 3. The monoisotopic (exact) mass is 519 g/mol. The summed E-state index contributed by atoms with van der Waals surface area (Å²) in [5.41, 5.74) is 3.94. The van der Waals surface area contributed by atoms with Crippen molar-refractivity contribution in [2.75, 3.05) is 6.61 Å². The Labute approximate surface area is 209 Å². The van der Waals surface area contributed by atoms with Gasteiger partial charge in [-0.1, -0.05) is 68.8 Å². The molecule has 194 valence electrons. The molecule has 37 heavy (non-hydrogen) atoms. The van der Waals surface area contributed by atoms with Gasteiger partial charge in [0.15, 0.2) is 0 Å². The summed E-state index contributed by atoms with van der Waals surface area (Å²) in [7, 11) is 0. The largest absolute Gasteiger partial charge is 0.449 e. The molecule has 0 heterocycles. The first kappa shape index (κ1) is 26.1. The summed E-state index contributed by atoms with van der Waals surface area (Å²) in [6.45, 7) is 3.14. The number of hydrogen-bond donors (Lipinski definition) is 1. The number of halogens is 5. The predicted molar refractivity (Wildman–Crippen MR) is 123 cm³/mol. The summed E-state index contributed by atoms with van der Waals surface area (Å²) in [4.78, 5) is 25.3. The fraction of sp³-hybridized carbons (Fsp3) is 0.259. The molecular weight excluding hydrogens is 497 g/mol. The van der Waals surface area contributed by atoms with Crippen molar-refractivity contribution in [3.05, 3.63) is 88.7 Å². The average Bonchev–Trinajstić information content (AvgIpc) is 3.23. The van der Waals surface area contributed by atoms with E-state index in [4.69, 9.17) is 4.74 Å². The Hall–Kier alpha value is -3.95. The van der Waals surface area contributed by atoms with Gasteiger partial charge in [0.25, 0.3) is 0 Å². The molecule has 0 saturated carbocycles. The van der Waals surface area contributed by atoms with Crippen molar-refractivity contribution in [1.82, 2.24) is 5.32 Å². The Morgan fingerprint density at radius 2 is 1.32 bits per heavy atom. The smallest absolute Gasteiger partial charge is 0.407 e. The standard InChI is InChI=1S/C27H22F5NO4/c1-3-13(2)24(26(34)37-25-22(31)20(29)19(28)21(30)23(25)32)33-27(35)36-12-18-16-10-6-4-8-14(16)15-9-5-7-11-17(15)18/h4-11,13,18,24H,3,12H2,1-2H3,(H,33,35)/t13-,24-/m0/s1. The zero-order chi connectivity index (χ0) is 26.9. The lowest BCUT2D eigenvalue weighted by atomic mass is 9.98. The van der Waals surface area contributed by atoms with E-state index in [2.05, 4.69) is 10.1 Å². The zero-order valence-electron chi connectivity index (χ0n) is 19.8. The highest BCUT2D eigenvalue weighted by molar-refractivity contribution is 5.83. The van der Waals surface area contributed by atoms with Crippen LogP contribution in [0.2, 0.25) is 0 Å². The predicted octanol–water partition coefficient (Wildman–Crippen LogP) is 6.24. The van der Waals surface area contributed by atoms with Crippen LogP contribution in [-0.2, 0) is 9.53 Å². The van der Waals surface area contributed by atoms with Gasteiger partial charge in [-0.15, -0.1) is 0 Å². The minimum Gasteiger partial charge on any atom is -0.449 e. The number of carbonyl (C=O) groups is 2. The van der Waals surface area contributed by atoms with Gasteiger partial charge in [-0.05, 0) is 28.2 Å². The molecule has 3 aromatic rings. The second-order valence-electron chi connectivity index (χ2n) is 8.65. The van der Waals surface area contributed by atoms with Crippen LogP contribution in [0.25, 0.3) is 11.1 Å². The number of carbonyl (C=O) groups excluding carboxylic acids is 2. The summed E-state index contributed by atoms with van der Waals surface area (Å²) in [6.07, 6.45) is -0.706. The third-order valence-electron chi connectivity index (χ3n) is 6.46. The Morgan fingerprint density at radius 3 is 1.84 bits per heavy atom. The van der Waals surface area contributed by atoms with Gasteiger partial charge in [-0.2, -0.15) is 8.78 Å². The lowest BCUT2D eigenvalue weighted by molar-refractivity contribution is -0.138. The van der Waals surface area contributed by atoms with Crippen LogP contribution in [0.15, 0.2) is 48.5 Å². The van der Waals surface area contributed by atoms with Gasteiger partial charge in [-0.25, -0.2) is 22.8 Å². The minimum absolute atomic E-state index is 0.0697. The van der Waals surface area contributed by atoms with E-state index in [1.54, 1.807) is 6.92 Å². The topological polar surface area (TPSA) is 64.6 Å². The van der Waals surface area contributed by atoms with E-state index in [1.807, 2.05) is 48.5 Å². The van der Waals surface area contributed by atoms with E-state index in [-0.39, 0.29) is 12.5 Å². The van der Waals surface area contributed by atoms with E-state index < -0.39 is 58.9 Å². The van der Waals surface area contributed by atoms with Gasteiger partial charge >= 0.3 is 12.1 Å². The molecule has 0 bridgehead atoms. The minimum atomic E-state index is -2.38. The lowest BCUT2D eigenvalue weighted by Gasteiger charge is -2.23. The maximum absolute atomic E-state index is 14.0. The van der Waals surface area contributed by atoms with Crippen molar-refractivity contribution in [3.63, 3.8) is 0 Å². The molecule has 10 heteroatoms. The van der Waals surface area contributed by atoms with E-state index in [1.165, 1.54) is 6.92 Å². The van der Waals surface area contributed by atoms with E-state index in [9.17, 15) is 31.5 Å². The maximum atomic E-state index is 14.0. The van der Waals surface area contributed by atoms with Gasteiger partial charge in [0.05, 0.1) is 0 Å². The van der Waals surface area contributed by atoms with Crippen molar-refractivity contribution in [2.45, 2.75) is 32.2 Å². The number of alkyl carbamates (subject to hydrolysis) is 1. The fourth-order valence-electron chi connectivity index (χ4n) is 4.27. The molecule has 0 aromatic heterocycles. The van der Waals surface area contributed by atoms with Crippen molar-refractivity contribution >= 4 is 12.1 Å². The van der Waals surface area contributed by atoms with Gasteiger partial charge in [0.1, 0.15) is 12.6 Å². The van der Waals surface area contributed by atoms with E-state index in [0.29, 0.717) is 6.42 Å². The summed E-state index contributed by atoms with van der Waals surface area (Å²) in [6, 6.07) is 13.8. The molecule has 0 fully saturated rings. The first-order valence-electron chi connectivity index (χ1n) is 11.5. The van der Waals surface area contributed by atoms with Crippen LogP contribution in [0.4, 0.5) is 26.7 Å². The number of esters is 1. The van der Waals surface area contributed by atoms with Crippen molar-refractivity contribution < 1.29 is 41.0 Å². The molecule has 0 radical (unpaired) electrons. The summed E-state index contributed by atoms with van der Waals surface area (Å²) in [5, 5.41) is 2.30. The summed E-state index contributed by atoms with van der Waals surface area (Å²) >= 11 is 0. The quantitative estimate of drug-likeness (QED) is 0.132. The zero-order valence-corrected chi connectivity index (χ0v) is 19.8. The molecular formula is C27H22F5NO4. The number of amides is 1. The Morgan fingerprint density at radius 1 is 0.838 bits per heavy atom. The Kier molecular flexibility index (Phi) is 7.47. The third-order valence-corrected chi connectivity index (χ3v) is 6.46. The molecule has 3 aromatic carbocycles. The van der Waals surface area contributed by atoms with Crippen LogP contribution in [-0.4, -0.2) is 24.7 Å². The third kappa shape index (κ3) is 4.87. The van der Waals surface area contributed by atoms with Crippen molar-refractivity contribution in [2.24, 2.45) is 5.92 Å². The number of fused-ring (bicyclic) bond motifs is 3. The highest BCUT2D eigenvalue weighted by atomic mass is 19.2. The molecule has 1 amide bonds. The van der Waals surface area contributed by atoms with Crippen LogP contribution >= 0.6 is 0 Å². The summed E-state index contributed by atoms with van der Waals surface area (Å²) in [5.74, 6) is -15.5. The molecule has 0 aliphatic heterocycles. The number of nitrogens with one attached hydrogen (secondary N) is 1. The van der Waals surface area contributed by atoms with Crippen molar-refractivity contribution in [3.8, 4) is 16.9 Å². The first-order chi connectivity index (χ1) is 17.6. The molecule has 5 nitrogen and oxygen atoms in total. The molecule has 1 aliphatic rings. The SMILES string of the molecule is CC[C@H](C)[C@H](NC(=O)OCC1c2ccccc2-c2ccccc21)C(=O)Oc1c(F)c(F)c(F)c(F)c1F. The van der Waals surface area contributed by atoms with Crippen molar-refractivity contribution in [1.29, 1.82) is 0 Å². The van der Waals surface area contributed by atoms with Crippen LogP contribution < -0.4 is 10.1 Å². The van der Waals surface area contributed by atoms with E-state index >= 15 is 0 Å². The van der Waals surface area contributed by atoms with Gasteiger partial charge in [0.2, 0.25) is 34.8 Å². The van der Waals surface area contributed by atoms with Gasteiger partial charge < -0.3 is 14.8 Å². The molecule has 2 atom stereocenters. The maximum Gasteiger partial charge on any atom is 0.407 e. The Bertz CT molecular complexity index is 1290.